The third kappa shape index (κ3) is 6.36. The minimum Gasteiger partial charge on any atom is -0.435 e. The van der Waals surface area contributed by atoms with Gasteiger partial charge in [0.15, 0.2) is 0 Å². The van der Waals surface area contributed by atoms with Gasteiger partial charge < -0.3 is 10.1 Å². The van der Waals surface area contributed by atoms with Crippen molar-refractivity contribution >= 4 is 15.9 Å². The molecule has 33 heavy (non-hydrogen) atoms. The van der Waals surface area contributed by atoms with Gasteiger partial charge in [-0.25, -0.2) is 8.42 Å². The molecule has 0 heterocycles. The first kappa shape index (κ1) is 24.3. The fourth-order valence-electron chi connectivity index (χ4n) is 3.23. The Labute approximate surface area is 191 Å². The number of carbonyl (C=O) groups is 1. The van der Waals surface area contributed by atoms with Crippen molar-refractivity contribution < 1.29 is 26.7 Å². The Morgan fingerprint density at radius 3 is 2.09 bits per heavy atom. The lowest BCUT2D eigenvalue weighted by molar-refractivity contribution is -0.121. The summed E-state index contributed by atoms with van der Waals surface area (Å²) in [6.45, 7) is -1.48. The van der Waals surface area contributed by atoms with Crippen LogP contribution in [0.2, 0.25) is 0 Å². The third-order valence-electron chi connectivity index (χ3n) is 4.97. The second kappa shape index (κ2) is 10.5. The summed E-state index contributed by atoms with van der Waals surface area (Å²) in [5.41, 5.74) is 2.29. The molecule has 6 nitrogen and oxygen atoms in total. The van der Waals surface area contributed by atoms with Gasteiger partial charge in [0.05, 0.1) is 17.5 Å². The fourth-order valence-corrected chi connectivity index (χ4v) is 4.36. The van der Waals surface area contributed by atoms with Gasteiger partial charge in [-0.1, -0.05) is 60.2 Å². The number of sulfonamides is 1. The topological polar surface area (TPSA) is 75.7 Å². The van der Waals surface area contributed by atoms with E-state index in [1.807, 2.05) is 13.0 Å². The molecule has 9 heteroatoms. The second-order valence-electron chi connectivity index (χ2n) is 7.43. The first-order valence-electron chi connectivity index (χ1n) is 10.1. The Morgan fingerprint density at radius 1 is 0.939 bits per heavy atom. The number of ether oxygens (including phenoxy) is 1. The Bertz CT molecular complexity index is 1170. The van der Waals surface area contributed by atoms with Crippen LogP contribution in [0, 0.1) is 6.92 Å². The summed E-state index contributed by atoms with van der Waals surface area (Å²) in [7, 11) is -2.51. The molecule has 0 aromatic heterocycles. The molecule has 0 aliphatic rings. The first-order valence-corrected chi connectivity index (χ1v) is 11.5. The van der Waals surface area contributed by atoms with Crippen molar-refractivity contribution in [1.82, 2.24) is 9.62 Å². The number of carbonyl (C=O) groups excluding carboxylic acids is 1. The van der Waals surface area contributed by atoms with Crippen LogP contribution in [0.5, 0.6) is 5.75 Å². The number of halogens is 2. The van der Waals surface area contributed by atoms with Crippen molar-refractivity contribution in [2.24, 2.45) is 0 Å². The average Bonchev–Trinajstić information content (AvgIpc) is 2.78. The molecule has 0 spiro atoms. The molecule has 0 saturated heterocycles. The number of nitrogens with zero attached hydrogens (tertiary/aromatic N) is 1. The zero-order valence-corrected chi connectivity index (χ0v) is 18.9. The average molecular weight is 475 g/mol. The van der Waals surface area contributed by atoms with E-state index < -0.39 is 35.1 Å². The molecule has 1 amide bonds. The molecular weight excluding hydrogens is 450 g/mol. The van der Waals surface area contributed by atoms with Gasteiger partial charge in [-0.3, -0.25) is 4.79 Å². The van der Waals surface area contributed by atoms with E-state index in [1.165, 1.54) is 31.3 Å². The standard InChI is InChI=1S/C24H24F2N2O4S/c1-17-8-14-21(15-9-17)33(30,31)28(2)16-22(29)27-23(18-6-4-3-5-7-18)19-10-12-20(13-11-19)32-24(25)26/h3-15,23-24H,16H2,1-2H3,(H,27,29). The van der Waals surface area contributed by atoms with Crippen molar-refractivity contribution in [2.45, 2.75) is 24.5 Å². The Morgan fingerprint density at radius 2 is 1.52 bits per heavy atom. The third-order valence-corrected chi connectivity index (χ3v) is 6.79. The van der Waals surface area contributed by atoms with Gasteiger partial charge in [0, 0.05) is 7.05 Å². The molecule has 0 radical (unpaired) electrons. The summed E-state index contributed by atoms with van der Waals surface area (Å²) in [4.78, 5) is 12.9. The predicted octanol–water partition coefficient (Wildman–Crippen LogP) is 4.12. The minimum atomic E-state index is -3.85. The highest BCUT2D eigenvalue weighted by atomic mass is 32.2. The van der Waals surface area contributed by atoms with Crippen LogP contribution in [0.25, 0.3) is 0 Å². The van der Waals surface area contributed by atoms with E-state index in [1.54, 1.807) is 48.5 Å². The van der Waals surface area contributed by atoms with Gasteiger partial charge in [-0.05, 0) is 42.3 Å². The smallest absolute Gasteiger partial charge is 0.387 e. The number of likely N-dealkylation sites (N-methyl/N-ethyl adjacent to an activating group) is 1. The molecule has 3 aromatic rings. The van der Waals surface area contributed by atoms with Crippen LogP contribution < -0.4 is 10.1 Å². The van der Waals surface area contributed by atoms with Crippen LogP contribution >= 0.6 is 0 Å². The molecule has 174 valence electrons. The van der Waals surface area contributed by atoms with E-state index in [0.29, 0.717) is 5.56 Å². The second-order valence-corrected chi connectivity index (χ2v) is 9.48. The number of hydrogen-bond acceptors (Lipinski definition) is 4. The zero-order valence-electron chi connectivity index (χ0n) is 18.1. The maximum atomic E-state index is 12.8. The maximum absolute atomic E-state index is 12.8. The van der Waals surface area contributed by atoms with Crippen molar-refractivity contribution in [3.05, 3.63) is 95.6 Å². The van der Waals surface area contributed by atoms with Crippen molar-refractivity contribution in [3.63, 3.8) is 0 Å². The molecule has 3 rings (SSSR count). The zero-order chi connectivity index (χ0) is 24.0. The quantitative estimate of drug-likeness (QED) is 0.506. The molecule has 0 saturated carbocycles. The molecule has 0 aliphatic carbocycles. The summed E-state index contributed by atoms with van der Waals surface area (Å²) < 4.78 is 55.9. The number of alkyl halides is 2. The van der Waals surface area contributed by atoms with Crippen LogP contribution in [0.4, 0.5) is 8.78 Å². The fraction of sp³-hybridized carbons (Fsp3) is 0.208. The van der Waals surface area contributed by atoms with E-state index >= 15 is 0 Å². The monoisotopic (exact) mass is 474 g/mol. The van der Waals surface area contributed by atoms with Crippen LogP contribution in [-0.4, -0.2) is 38.8 Å². The van der Waals surface area contributed by atoms with E-state index in [-0.39, 0.29) is 10.6 Å². The molecular formula is C24H24F2N2O4S. The lowest BCUT2D eigenvalue weighted by atomic mass is 9.98. The summed E-state index contributed by atoms with van der Waals surface area (Å²) in [5, 5.41) is 2.84. The van der Waals surface area contributed by atoms with Gasteiger partial charge in [0.2, 0.25) is 15.9 Å². The Balaban J connectivity index is 1.78. The van der Waals surface area contributed by atoms with Crippen molar-refractivity contribution in [1.29, 1.82) is 0 Å². The van der Waals surface area contributed by atoms with Crippen LogP contribution in [0.15, 0.2) is 83.8 Å². The van der Waals surface area contributed by atoms with Crippen LogP contribution in [0.3, 0.4) is 0 Å². The highest BCUT2D eigenvalue weighted by Gasteiger charge is 2.25. The molecule has 3 aromatic carbocycles. The van der Waals surface area contributed by atoms with E-state index in [2.05, 4.69) is 10.1 Å². The maximum Gasteiger partial charge on any atom is 0.387 e. The van der Waals surface area contributed by atoms with Gasteiger partial charge in [-0.2, -0.15) is 13.1 Å². The minimum absolute atomic E-state index is 0.00388. The van der Waals surface area contributed by atoms with Gasteiger partial charge in [0.25, 0.3) is 0 Å². The SMILES string of the molecule is Cc1ccc(S(=O)(=O)N(C)CC(=O)NC(c2ccccc2)c2ccc(OC(F)F)cc2)cc1. The highest BCUT2D eigenvalue weighted by Crippen LogP contribution is 2.25. The van der Waals surface area contributed by atoms with Gasteiger partial charge in [0.1, 0.15) is 5.75 Å². The van der Waals surface area contributed by atoms with Crippen LogP contribution in [0.1, 0.15) is 22.7 Å². The largest absolute Gasteiger partial charge is 0.435 e. The number of benzene rings is 3. The predicted molar refractivity (Wildman–Crippen MR) is 120 cm³/mol. The lowest BCUT2D eigenvalue weighted by Gasteiger charge is -2.22. The highest BCUT2D eigenvalue weighted by molar-refractivity contribution is 7.89. The summed E-state index contributed by atoms with van der Waals surface area (Å²) in [5.74, 6) is -0.522. The normalized spacial score (nSPS) is 12.5. The lowest BCUT2D eigenvalue weighted by Crippen LogP contribution is -2.40. The molecule has 1 unspecified atom stereocenters. The van der Waals surface area contributed by atoms with Crippen molar-refractivity contribution in [2.75, 3.05) is 13.6 Å². The Kier molecular flexibility index (Phi) is 7.78. The summed E-state index contributed by atoms with van der Waals surface area (Å²) in [6.07, 6.45) is 0. The van der Waals surface area contributed by atoms with E-state index in [0.717, 1.165) is 15.4 Å². The van der Waals surface area contributed by atoms with Gasteiger partial charge >= 0.3 is 6.61 Å². The molecule has 0 fully saturated rings. The molecule has 0 bridgehead atoms. The molecule has 0 aliphatic heterocycles. The number of amides is 1. The summed E-state index contributed by atoms with van der Waals surface area (Å²) in [6, 6.07) is 20.7. The first-order chi connectivity index (χ1) is 15.7. The van der Waals surface area contributed by atoms with E-state index in [9.17, 15) is 22.0 Å². The van der Waals surface area contributed by atoms with E-state index in [4.69, 9.17) is 0 Å². The molecule has 1 N–H and O–H groups in total. The number of nitrogens with one attached hydrogen (secondary N) is 1. The summed E-state index contributed by atoms with van der Waals surface area (Å²) >= 11 is 0. The van der Waals surface area contributed by atoms with Gasteiger partial charge in [-0.15, -0.1) is 0 Å². The Hall–Kier alpha value is -3.30. The number of hydrogen-bond donors (Lipinski definition) is 1. The number of aryl methyl sites for hydroxylation is 1. The van der Waals surface area contributed by atoms with Crippen LogP contribution in [-0.2, 0) is 14.8 Å². The van der Waals surface area contributed by atoms with Crippen molar-refractivity contribution in [3.8, 4) is 5.75 Å². The molecule has 1 atom stereocenters. The number of rotatable bonds is 9.